The van der Waals surface area contributed by atoms with E-state index < -0.39 is 5.82 Å². The maximum absolute atomic E-state index is 13.6. The van der Waals surface area contributed by atoms with Gasteiger partial charge in [-0.1, -0.05) is 20.8 Å². The van der Waals surface area contributed by atoms with Crippen molar-refractivity contribution in [3.05, 3.63) is 62.9 Å². The average molecular weight is 375 g/mol. The number of benzene rings is 1. The van der Waals surface area contributed by atoms with Crippen LogP contribution >= 0.6 is 15.9 Å². The number of hydrogen-bond donors (Lipinski definition) is 1. The van der Waals surface area contributed by atoms with Gasteiger partial charge in [-0.05, 0) is 51.2 Å². The number of aromatic nitrogens is 2. The first-order valence-corrected chi connectivity index (χ1v) is 8.03. The molecule has 0 atom stereocenters. The molecule has 2 aromatic heterocycles. The van der Waals surface area contributed by atoms with Crippen LogP contribution < -0.4 is 5.56 Å². The third-order valence-corrected chi connectivity index (χ3v) is 4.21. The van der Waals surface area contributed by atoms with Crippen LogP contribution in [-0.2, 0) is 5.41 Å². The fourth-order valence-electron chi connectivity index (χ4n) is 2.52. The first-order chi connectivity index (χ1) is 10.8. The van der Waals surface area contributed by atoms with Crippen molar-refractivity contribution < 1.29 is 4.39 Å². The van der Waals surface area contributed by atoms with Crippen LogP contribution in [0.2, 0.25) is 0 Å². The molecule has 3 rings (SSSR count). The van der Waals surface area contributed by atoms with Gasteiger partial charge in [0.1, 0.15) is 5.82 Å². The Kier molecular flexibility index (Phi) is 3.84. The zero-order valence-corrected chi connectivity index (χ0v) is 14.7. The van der Waals surface area contributed by atoms with Crippen LogP contribution in [0, 0.1) is 5.82 Å². The smallest absolute Gasteiger partial charge is 0.256 e. The van der Waals surface area contributed by atoms with Crippen molar-refractivity contribution in [1.29, 1.82) is 0 Å². The highest BCUT2D eigenvalue weighted by atomic mass is 79.9. The van der Waals surface area contributed by atoms with Gasteiger partial charge in [-0.15, -0.1) is 0 Å². The van der Waals surface area contributed by atoms with Gasteiger partial charge in [-0.25, -0.2) is 4.39 Å². The molecule has 5 heteroatoms. The summed E-state index contributed by atoms with van der Waals surface area (Å²) in [6.45, 7) is 6.29. The maximum atomic E-state index is 13.6. The Bertz CT molecular complexity index is 957. The van der Waals surface area contributed by atoms with E-state index in [4.69, 9.17) is 0 Å². The number of rotatable bonds is 1. The highest BCUT2D eigenvalue weighted by Crippen LogP contribution is 2.33. The number of pyridine rings is 2. The zero-order valence-electron chi connectivity index (χ0n) is 13.1. The minimum atomic E-state index is -0.481. The summed E-state index contributed by atoms with van der Waals surface area (Å²) in [5.41, 5.74) is 2.23. The molecule has 3 nitrogen and oxygen atoms in total. The van der Waals surface area contributed by atoms with Crippen molar-refractivity contribution >= 4 is 26.8 Å². The number of fused-ring (bicyclic) bond motifs is 1. The quantitative estimate of drug-likeness (QED) is 0.665. The van der Waals surface area contributed by atoms with Gasteiger partial charge in [0.15, 0.2) is 0 Å². The van der Waals surface area contributed by atoms with Gasteiger partial charge in [0, 0.05) is 27.8 Å². The molecule has 2 heterocycles. The predicted octanol–water partition coefficient (Wildman–Crippen LogP) is 4.79. The molecular formula is C18H16BrFN2O. The van der Waals surface area contributed by atoms with Crippen LogP contribution in [-0.4, -0.2) is 9.97 Å². The Labute approximate surface area is 141 Å². The van der Waals surface area contributed by atoms with Gasteiger partial charge in [-0.3, -0.25) is 9.78 Å². The summed E-state index contributed by atoms with van der Waals surface area (Å²) in [5, 5.41) is 0.908. The largest absolute Gasteiger partial charge is 0.326 e. The summed E-state index contributed by atoms with van der Waals surface area (Å²) in [7, 11) is 0. The highest BCUT2D eigenvalue weighted by molar-refractivity contribution is 9.10. The molecule has 0 fully saturated rings. The van der Waals surface area contributed by atoms with Crippen LogP contribution in [0.1, 0.15) is 26.3 Å². The van der Waals surface area contributed by atoms with Crippen molar-refractivity contribution in [3.8, 4) is 11.1 Å². The Morgan fingerprint density at radius 2 is 1.87 bits per heavy atom. The van der Waals surface area contributed by atoms with E-state index in [9.17, 15) is 9.18 Å². The van der Waals surface area contributed by atoms with Crippen LogP contribution in [0.25, 0.3) is 22.0 Å². The van der Waals surface area contributed by atoms with Crippen molar-refractivity contribution in [1.82, 2.24) is 9.97 Å². The van der Waals surface area contributed by atoms with Crippen molar-refractivity contribution in [2.75, 3.05) is 0 Å². The Hall–Kier alpha value is -2.01. The summed E-state index contributed by atoms with van der Waals surface area (Å²) in [6.07, 6.45) is 2.74. The van der Waals surface area contributed by atoms with Crippen LogP contribution in [0.3, 0.4) is 0 Å². The van der Waals surface area contributed by atoms with Gasteiger partial charge in [0.25, 0.3) is 5.56 Å². The summed E-state index contributed by atoms with van der Waals surface area (Å²) >= 11 is 3.42. The van der Waals surface area contributed by atoms with E-state index in [1.807, 2.05) is 12.1 Å². The normalized spacial score (nSPS) is 11.9. The highest BCUT2D eigenvalue weighted by Gasteiger charge is 2.19. The van der Waals surface area contributed by atoms with E-state index in [2.05, 4.69) is 52.7 Å². The minimum absolute atomic E-state index is 0.106. The van der Waals surface area contributed by atoms with Gasteiger partial charge in [0.05, 0.1) is 11.1 Å². The van der Waals surface area contributed by atoms with E-state index in [-0.39, 0.29) is 16.5 Å². The molecule has 1 aromatic carbocycles. The maximum Gasteiger partial charge on any atom is 0.256 e. The number of aromatic amines is 1. The number of halogens is 2. The molecule has 0 saturated heterocycles. The van der Waals surface area contributed by atoms with Crippen molar-refractivity contribution in [2.45, 2.75) is 26.2 Å². The number of H-pyrrole nitrogens is 1. The second-order valence-corrected chi connectivity index (χ2v) is 7.48. The minimum Gasteiger partial charge on any atom is -0.326 e. The van der Waals surface area contributed by atoms with E-state index in [1.165, 1.54) is 6.07 Å². The second kappa shape index (κ2) is 5.57. The second-order valence-electron chi connectivity index (χ2n) is 6.56. The molecule has 0 amide bonds. The number of nitrogens with zero attached hydrogens (tertiary/aromatic N) is 1. The van der Waals surface area contributed by atoms with E-state index in [0.717, 1.165) is 21.6 Å². The molecule has 0 spiro atoms. The SMILES string of the molecule is CC(C)(C)c1cc(-c2cc(F)c[nH]c2=O)c2ncc(Br)cc2c1. The lowest BCUT2D eigenvalue weighted by molar-refractivity contribution is 0.591. The van der Waals surface area contributed by atoms with Gasteiger partial charge < -0.3 is 4.98 Å². The molecule has 0 radical (unpaired) electrons. The van der Waals surface area contributed by atoms with E-state index in [0.29, 0.717) is 11.1 Å². The first kappa shape index (κ1) is 15.9. The Morgan fingerprint density at radius 3 is 2.57 bits per heavy atom. The summed E-state index contributed by atoms with van der Waals surface area (Å²) in [5.74, 6) is -0.481. The molecule has 0 bridgehead atoms. The molecule has 0 unspecified atom stereocenters. The lowest BCUT2D eigenvalue weighted by atomic mass is 9.84. The molecular weight excluding hydrogens is 359 g/mol. The summed E-state index contributed by atoms with van der Waals surface area (Å²) < 4.78 is 14.5. The van der Waals surface area contributed by atoms with Gasteiger partial charge in [-0.2, -0.15) is 0 Å². The number of nitrogens with one attached hydrogen (secondary N) is 1. The lowest BCUT2D eigenvalue weighted by Gasteiger charge is -2.21. The standard InChI is InChI=1S/C18H16BrFN2O/c1-18(2,3)11-4-10-5-12(19)8-21-16(10)14(6-11)15-7-13(20)9-22-17(15)23/h4-9H,1-3H3,(H,22,23). The van der Waals surface area contributed by atoms with Crippen LogP contribution in [0.4, 0.5) is 4.39 Å². The molecule has 23 heavy (non-hydrogen) atoms. The van der Waals surface area contributed by atoms with E-state index in [1.54, 1.807) is 6.20 Å². The van der Waals surface area contributed by atoms with Crippen LogP contribution in [0.15, 0.2) is 45.9 Å². The fraction of sp³-hybridized carbons (Fsp3) is 0.222. The van der Waals surface area contributed by atoms with Gasteiger partial charge >= 0.3 is 0 Å². The van der Waals surface area contributed by atoms with Crippen LogP contribution in [0.5, 0.6) is 0 Å². The third kappa shape index (κ3) is 3.06. The molecule has 3 aromatic rings. The predicted molar refractivity (Wildman–Crippen MR) is 94.2 cm³/mol. The molecule has 0 saturated carbocycles. The molecule has 0 aliphatic carbocycles. The fourth-order valence-corrected chi connectivity index (χ4v) is 2.87. The van der Waals surface area contributed by atoms with E-state index >= 15 is 0 Å². The van der Waals surface area contributed by atoms with Crippen molar-refractivity contribution in [3.63, 3.8) is 0 Å². The van der Waals surface area contributed by atoms with Gasteiger partial charge in [0.2, 0.25) is 0 Å². The lowest BCUT2D eigenvalue weighted by Crippen LogP contribution is -2.13. The molecule has 0 aliphatic heterocycles. The first-order valence-electron chi connectivity index (χ1n) is 7.24. The summed E-state index contributed by atoms with van der Waals surface area (Å²) in [6, 6.07) is 7.19. The third-order valence-electron chi connectivity index (χ3n) is 3.77. The zero-order chi connectivity index (χ0) is 16.8. The van der Waals surface area contributed by atoms with Crippen molar-refractivity contribution in [2.24, 2.45) is 0 Å². The summed E-state index contributed by atoms with van der Waals surface area (Å²) in [4.78, 5) is 19.0. The Morgan fingerprint density at radius 1 is 1.13 bits per heavy atom. The molecule has 0 aliphatic rings. The molecule has 1 N–H and O–H groups in total. The Balaban J connectivity index is 2.43. The molecule has 118 valence electrons. The average Bonchev–Trinajstić information content (AvgIpc) is 2.47. The number of hydrogen-bond acceptors (Lipinski definition) is 2. The topological polar surface area (TPSA) is 45.8 Å². The monoisotopic (exact) mass is 374 g/mol.